The first-order chi connectivity index (χ1) is 10.7. The quantitative estimate of drug-likeness (QED) is 0.942. The third kappa shape index (κ3) is 3.26. The predicted molar refractivity (Wildman–Crippen MR) is 87.1 cm³/mol. The van der Waals surface area contributed by atoms with E-state index >= 15 is 0 Å². The van der Waals surface area contributed by atoms with Gasteiger partial charge in [-0.3, -0.25) is 4.79 Å². The Morgan fingerprint density at radius 2 is 1.64 bits per heavy atom. The molecular weight excluding hydrogens is 274 g/mol. The van der Waals surface area contributed by atoms with Crippen molar-refractivity contribution in [1.29, 1.82) is 0 Å². The standard InChI is InChI=1S/C19H19NO2/c1-14-19(21)20-18(16-10-6-3-7-11-16)17(22-14)13-12-15-8-4-2-5-9-15/h2-14,17-18H,1H3,(H,20,21)/b13-12+. The number of morpholine rings is 1. The molecule has 3 rings (SSSR count). The first kappa shape index (κ1) is 14.5. The summed E-state index contributed by atoms with van der Waals surface area (Å²) in [5, 5.41) is 3.05. The molecule has 0 radical (unpaired) electrons. The van der Waals surface area contributed by atoms with Crippen molar-refractivity contribution in [3.63, 3.8) is 0 Å². The number of amides is 1. The van der Waals surface area contributed by atoms with Gasteiger partial charge in [0, 0.05) is 0 Å². The summed E-state index contributed by atoms with van der Waals surface area (Å²) in [5.74, 6) is -0.0711. The molecule has 1 N–H and O–H groups in total. The molecule has 3 atom stereocenters. The number of nitrogens with one attached hydrogen (secondary N) is 1. The van der Waals surface area contributed by atoms with E-state index in [1.54, 1.807) is 6.92 Å². The van der Waals surface area contributed by atoms with Crippen molar-refractivity contribution in [2.24, 2.45) is 0 Å². The molecular formula is C19H19NO2. The van der Waals surface area contributed by atoms with E-state index in [4.69, 9.17) is 4.74 Å². The molecule has 2 aromatic carbocycles. The molecule has 22 heavy (non-hydrogen) atoms. The molecule has 3 heteroatoms. The van der Waals surface area contributed by atoms with Crippen LogP contribution in [0.4, 0.5) is 0 Å². The van der Waals surface area contributed by atoms with Gasteiger partial charge in [0.1, 0.15) is 12.2 Å². The van der Waals surface area contributed by atoms with Gasteiger partial charge in [-0.05, 0) is 18.1 Å². The van der Waals surface area contributed by atoms with Crippen LogP contribution >= 0.6 is 0 Å². The van der Waals surface area contributed by atoms with Crippen LogP contribution in [-0.2, 0) is 9.53 Å². The number of rotatable bonds is 3. The van der Waals surface area contributed by atoms with Gasteiger partial charge in [-0.2, -0.15) is 0 Å². The molecule has 1 fully saturated rings. The van der Waals surface area contributed by atoms with E-state index in [1.165, 1.54) is 0 Å². The molecule has 1 saturated heterocycles. The Kier molecular flexibility index (Phi) is 4.35. The number of ether oxygens (including phenoxy) is 1. The molecule has 0 aromatic heterocycles. The Balaban J connectivity index is 1.85. The van der Waals surface area contributed by atoms with Crippen LogP contribution in [0.5, 0.6) is 0 Å². The summed E-state index contributed by atoms with van der Waals surface area (Å²) >= 11 is 0. The van der Waals surface area contributed by atoms with Crippen LogP contribution in [0, 0.1) is 0 Å². The van der Waals surface area contributed by atoms with Crippen LogP contribution in [0.25, 0.3) is 6.08 Å². The van der Waals surface area contributed by atoms with E-state index in [0.717, 1.165) is 11.1 Å². The molecule has 1 amide bonds. The van der Waals surface area contributed by atoms with Gasteiger partial charge in [-0.15, -0.1) is 0 Å². The maximum absolute atomic E-state index is 11.9. The van der Waals surface area contributed by atoms with Crippen molar-refractivity contribution < 1.29 is 9.53 Å². The lowest BCUT2D eigenvalue weighted by Crippen LogP contribution is -2.49. The number of hydrogen-bond acceptors (Lipinski definition) is 2. The summed E-state index contributed by atoms with van der Waals surface area (Å²) in [7, 11) is 0. The lowest BCUT2D eigenvalue weighted by Gasteiger charge is -2.34. The Morgan fingerprint density at radius 3 is 2.32 bits per heavy atom. The van der Waals surface area contributed by atoms with Crippen LogP contribution in [-0.4, -0.2) is 18.1 Å². The van der Waals surface area contributed by atoms with Gasteiger partial charge in [-0.25, -0.2) is 0 Å². The van der Waals surface area contributed by atoms with Crippen LogP contribution < -0.4 is 5.32 Å². The maximum Gasteiger partial charge on any atom is 0.249 e. The van der Waals surface area contributed by atoms with E-state index in [-0.39, 0.29) is 18.1 Å². The molecule has 112 valence electrons. The Hall–Kier alpha value is -2.39. The van der Waals surface area contributed by atoms with Crippen molar-refractivity contribution in [3.05, 3.63) is 77.9 Å². The highest BCUT2D eigenvalue weighted by molar-refractivity contribution is 5.81. The lowest BCUT2D eigenvalue weighted by atomic mass is 9.98. The van der Waals surface area contributed by atoms with Crippen molar-refractivity contribution in [3.8, 4) is 0 Å². The number of hydrogen-bond donors (Lipinski definition) is 1. The van der Waals surface area contributed by atoms with Crippen molar-refractivity contribution >= 4 is 12.0 Å². The fourth-order valence-electron chi connectivity index (χ4n) is 2.59. The third-order valence-electron chi connectivity index (χ3n) is 3.79. The molecule has 0 aliphatic carbocycles. The first-order valence-corrected chi connectivity index (χ1v) is 7.48. The highest BCUT2D eigenvalue weighted by Crippen LogP contribution is 2.26. The first-order valence-electron chi connectivity index (χ1n) is 7.48. The van der Waals surface area contributed by atoms with Gasteiger partial charge in [0.2, 0.25) is 5.91 Å². The zero-order valence-corrected chi connectivity index (χ0v) is 12.5. The maximum atomic E-state index is 11.9. The average Bonchev–Trinajstić information content (AvgIpc) is 2.57. The van der Waals surface area contributed by atoms with Crippen LogP contribution in [0.3, 0.4) is 0 Å². The van der Waals surface area contributed by atoms with Gasteiger partial charge >= 0.3 is 0 Å². The van der Waals surface area contributed by atoms with Gasteiger partial charge in [0.05, 0.1) is 6.04 Å². The largest absolute Gasteiger partial charge is 0.359 e. The van der Waals surface area contributed by atoms with Crippen molar-refractivity contribution in [1.82, 2.24) is 5.32 Å². The smallest absolute Gasteiger partial charge is 0.249 e. The molecule has 2 aromatic rings. The summed E-state index contributed by atoms with van der Waals surface area (Å²) in [4.78, 5) is 11.9. The van der Waals surface area contributed by atoms with Crippen molar-refractivity contribution in [2.45, 2.75) is 25.2 Å². The molecule has 0 bridgehead atoms. The molecule has 3 nitrogen and oxygen atoms in total. The molecule has 1 heterocycles. The normalized spacial score (nSPS) is 25.1. The van der Waals surface area contributed by atoms with Gasteiger partial charge in [-0.1, -0.05) is 72.8 Å². The van der Waals surface area contributed by atoms with E-state index in [2.05, 4.69) is 5.32 Å². The second-order valence-electron chi connectivity index (χ2n) is 5.41. The van der Waals surface area contributed by atoms with Gasteiger partial charge in [0.15, 0.2) is 0 Å². The fourth-order valence-corrected chi connectivity index (χ4v) is 2.59. The fraction of sp³-hybridized carbons (Fsp3) is 0.211. The lowest BCUT2D eigenvalue weighted by molar-refractivity contribution is -0.144. The molecule has 0 saturated carbocycles. The predicted octanol–water partition coefficient (Wildman–Crippen LogP) is 3.34. The SMILES string of the molecule is CC1OC(/C=C/c2ccccc2)C(c2ccccc2)NC1=O. The molecule has 1 aliphatic rings. The minimum atomic E-state index is -0.439. The molecule has 1 aliphatic heterocycles. The Morgan fingerprint density at radius 1 is 1.00 bits per heavy atom. The highest BCUT2D eigenvalue weighted by atomic mass is 16.5. The highest BCUT2D eigenvalue weighted by Gasteiger charge is 2.33. The Bertz CT molecular complexity index is 652. The van der Waals surface area contributed by atoms with Crippen LogP contribution in [0.1, 0.15) is 24.1 Å². The number of benzene rings is 2. The summed E-state index contributed by atoms with van der Waals surface area (Å²) in [6.45, 7) is 1.78. The molecule has 3 unspecified atom stereocenters. The van der Waals surface area contributed by atoms with Crippen molar-refractivity contribution in [2.75, 3.05) is 0 Å². The van der Waals surface area contributed by atoms with Crippen LogP contribution in [0.15, 0.2) is 66.7 Å². The van der Waals surface area contributed by atoms with Crippen LogP contribution in [0.2, 0.25) is 0 Å². The van der Waals surface area contributed by atoms with E-state index < -0.39 is 6.10 Å². The van der Waals surface area contributed by atoms with Gasteiger partial charge in [0.25, 0.3) is 0 Å². The van der Waals surface area contributed by atoms with E-state index in [9.17, 15) is 4.79 Å². The number of carbonyl (C=O) groups excluding carboxylic acids is 1. The zero-order valence-electron chi connectivity index (χ0n) is 12.5. The van der Waals surface area contributed by atoms with E-state index in [1.807, 2.05) is 72.8 Å². The van der Waals surface area contributed by atoms with E-state index in [0.29, 0.717) is 0 Å². The minimum Gasteiger partial charge on any atom is -0.359 e. The summed E-state index contributed by atoms with van der Waals surface area (Å²) < 4.78 is 5.89. The number of carbonyl (C=O) groups is 1. The summed E-state index contributed by atoms with van der Waals surface area (Å²) in [6.07, 6.45) is 3.42. The minimum absolute atomic E-state index is 0.0711. The Labute approximate surface area is 130 Å². The molecule has 0 spiro atoms. The average molecular weight is 293 g/mol. The summed E-state index contributed by atoms with van der Waals surface area (Å²) in [6, 6.07) is 19.8. The zero-order chi connectivity index (χ0) is 15.4. The second kappa shape index (κ2) is 6.58. The third-order valence-corrected chi connectivity index (χ3v) is 3.79. The monoisotopic (exact) mass is 293 g/mol. The topological polar surface area (TPSA) is 38.3 Å². The van der Waals surface area contributed by atoms with Gasteiger partial charge < -0.3 is 10.1 Å². The second-order valence-corrected chi connectivity index (χ2v) is 5.41. The summed E-state index contributed by atoms with van der Waals surface area (Å²) in [5.41, 5.74) is 2.16.